The number of amides is 1. The van der Waals surface area contributed by atoms with E-state index < -0.39 is 0 Å². The fourth-order valence-electron chi connectivity index (χ4n) is 1.36. The van der Waals surface area contributed by atoms with Gasteiger partial charge in [-0.3, -0.25) is 9.59 Å². The summed E-state index contributed by atoms with van der Waals surface area (Å²) >= 11 is 0. The molecule has 1 unspecified atom stereocenters. The Bertz CT molecular complexity index is 227. The van der Waals surface area contributed by atoms with Crippen molar-refractivity contribution in [3.8, 4) is 0 Å². The summed E-state index contributed by atoms with van der Waals surface area (Å²) in [5.74, 6) is -0.211. The highest BCUT2D eigenvalue weighted by Gasteiger charge is 2.13. The number of rotatable bonds is 7. The van der Waals surface area contributed by atoms with E-state index in [1.165, 1.54) is 7.11 Å². The third-order valence-corrected chi connectivity index (χ3v) is 2.42. The maximum absolute atomic E-state index is 11.6. The zero-order valence-corrected chi connectivity index (χ0v) is 10.6. The van der Waals surface area contributed by atoms with Crippen molar-refractivity contribution < 1.29 is 14.3 Å². The van der Waals surface area contributed by atoms with E-state index in [1.54, 1.807) is 4.90 Å². The predicted octanol–water partition coefficient (Wildman–Crippen LogP) is 0.396. The van der Waals surface area contributed by atoms with E-state index in [0.717, 1.165) is 0 Å². The second-order valence-electron chi connectivity index (χ2n) is 3.63. The van der Waals surface area contributed by atoms with Crippen molar-refractivity contribution in [1.29, 1.82) is 0 Å². The zero-order valence-electron chi connectivity index (χ0n) is 10.6. The SMILES string of the molecule is CCN(CC)C(=O)CNC(C)CC(=O)OC. The summed E-state index contributed by atoms with van der Waals surface area (Å²) in [7, 11) is 1.36. The van der Waals surface area contributed by atoms with E-state index in [0.29, 0.717) is 13.1 Å². The summed E-state index contributed by atoms with van der Waals surface area (Å²) < 4.78 is 4.54. The van der Waals surface area contributed by atoms with E-state index in [4.69, 9.17) is 0 Å². The number of esters is 1. The number of ether oxygens (including phenoxy) is 1. The minimum Gasteiger partial charge on any atom is -0.469 e. The van der Waals surface area contributed by atoms with Crippen LogP contribution in [0.5, 0.6) is 0 Å². The molecule has 0 radical (unpaired) electrons. The highest BCUT2D eigenvalue weighted by atomic mass is 16.5. The van der Waals surface area contributed by atoms with Gasteiger partial charge in [0, 0.05) is 19.1 Å². The molecular weight excluding hydrogens is 208 g/mol. The van der Waals surface area contributed by atoms with Gasteiger partial charge in [0.25, 0.3) is 0 Å². The molecular formula is C11H22N2O3. The molecule has 0 aromatic carbocycles. The summed E-state index contributed by atoms with van der Waals surface area (Å²) in [6.07, 6.45) is 0.280. The van der Waals surface area contributed by atoms with Crippen LogP contribution in [0.1, 0.15) is 27.2 Å². The lowest BCUT2D eigenvalue weighted by Gasteiger charge is -2.20. The maximum Gasteiger partial charge on any atom is 0.307 e. The average Bonchev–Trinajstić information content (AvgIpc) is 2.27. The number of nitrogens with zero attached hydrogens (tertiary/aromatic N) is 1. The number of hydrogen-bond donors (Lipinski definition) is 1. The van der Waals surface area contributed by atoms with Gasteiger partial charge in [-0.2, -0.15) is 0 Å². The Labute approximate surface area is 97.1 Å². The van der Waals surface area contributed by atoms with Crippen molar-refractivity contribution in [2.45, 2.75) is 33.2 Å². The summed E-state index contributed by atoms with van der Waals surface area (Å²) in [5, 5.41) is 3.00. The molecule has 0 heterocycles. The monoisotopic (exact) mass is 230 g/mol. The number of nitrogens with one attached hydrogen (secondary N) is 1. The van der Waals surface area contributed by atoms with Crippen LogP contribution in [0.4, 0.5) is 0 Å². The van der Waals surface area contributed by atoms with Gasteiger partial charge < -0.3 is 15.0 Å². The molecule has 0 spiro atoms. The minimum absolute atomic E-state index is 0.0491. The van der Waals surface area contributed by atoms with Crippen LogP contribution in [0.15, 0.2) is 0 Å². The van der Waals surface area contributed by atoms with Crippen molar-refractivity contribution >= 4 is 11.9 Å². The first-order valence-corrected chi connectivity index (χ1v) is 5.63. The van der Waals surface area contributed by atoms with Crippen molar-refractivity contribution in [3.05, 3.63) is 0 Å². The fraction of sp³-hybridized carbons (Fsp3) is 0.818. The van der Waals surface area contributed by atoms with Gasteiger partial charge in [0.15, 0.2) is 0 Å². The average molecular weight is 230 g/mol. The normalized spacial score (nSPS) is 12.0. The van der Waals surface area contributed by atoms with Gasteiger partial charge in [-0.1, -0.05) is 0 Å². The fourth-order valence-corrected chi connectivity index (χ4v) is 1.36. The van der Waals surface area contributed by atoms with Gasteiger partial charge in [0.05, 0.1) is 20.1 Å². The molecule has 0 aliphatic rings. The Morgan fingerprint density at radius 1 is 1.31 bits per heavy atom. The Morgan fingerprint density at radius 3 is 2.31 bits per heavy atom. The van der Waals surface area contributed by atoms with E-state index >= 15 is 0 Å². The molecule has 94 valence electrons. The van der Waals surface area contributed by atoms with Crippen LogP contribution in [0.2, 0.25) is 0 Å². The first-order valence-electron chi connectivity index (χ1n) is 5.63. The second kappa shape index (κ2) is 8.10. The number of carbonyl (C=O) groups is 2. The number of methoxy groups -OCH3 is 1. The molecule has 1 amide bonds. The molecule has 0 saturated carbocycles. The number of hydrogen-bond acceptors (Lipinski definition) is 4. The highest BCUT2D eigenvalue weighted by Crippen LogP contribution is 1.94. The van der Waals surface area contributed by atoms with Gasteiger partial charge >= 0.3 is 5.97 Å². The zero-order chi connectivity index (χ0) is 12.6. The molecule has 0 saturated heterocycles. The van der Waals surface area contributed by atoms with Crippen LogP contribution in [0, 0.1) is 0 Å². The van der Waals surface area contributed by atoms with Crippen molar-refractivity contribution in [3.63, 3.8) is 0 Å². The molecule has 0 fully saturated rings. The molecule has 0 aromatic rings. The quantitative estimate of drug-likeness (QED) is 0.643. The smallest absolute Gasteiger partial charge is 0.307 e. The van der Waals surface area contributed by atoms with Gasteiger partial charge in [0.1, 0.15) is 0 Å². The van der Waals surface area contributed by atoms with E-state index in [-0.39, 0.29) is 30.9 Å². The van der Waals surface area contributed by atoms with Crippen LogP contribution in [0.3, 0.4) is 0 Å². The van der Waals surface area contributed by atoms with E-state index in [9.17, 15) is 9.59 Å². The molecule has 5 nitrogen and oxygen atoms in total. The molecule has 0 bridgehead atoms. The first-order chi connectivity index (χ1) is 7.54. The molecule has 0 aliphatic carbocycles. The van der Waals surface area contributed by atoms with Gasteiger partial charge in [-0.15, -0.1) is 0 Å². The van der Waals surface area contributed by atoms with Crippen LogP contribution >= 0.6 is 0 Å². The van der Waals surface area contributed by atoms with E-state index in [1.807, 2.05) is 20.8 Å². The molecule has 0 rings (SSSR count). The minimum atomic E-state index is -0.268. The van der Waals surface area contributed by atoms with Crippen LogP contribution in [0.25, 0.3) is 0 Å². The Morgan fingerprint density at radius 2 is 1.88 bits per heavy atom. The number of carbonyl (C=O) groups excluding carboxylic acids is 2. The summed E-state index contributed by atoms with van der Waals surface area (Å²) in [6, 6.07) is -0.0491. The lowest BCUT2D eigenvalue weighted by atomic mass is 10.2. The topological polar surface area (TPSA) is 58.6 Å². The van der Waals surface area contributed by atoms with Crippen molar-refractivity contribution in [2.24, 2.45) is 0 Å². The molecule has 16 heavy (non-hydrogen) atoms. The second-order valence-corrected chi connectivity index (χ2v) is 3.63. The van der Waals surface area contributed by atoms with Gasteiger partial charge in [-0.05, 0) is 20.8 Å². The molecule has 0 aromatic heterocycles. The van der Waals surface area contributed by atoms with Crippen molar-refractivity contribution in [2.75, 3.05) is 26.7 Å². The summed E-state index contributed by atoms with van der Waals surface area (Å²) in [6.45, 7) is 7.43. The highest BCUT2D eigenvalue weighted by molar-refractivity contribution is 5.78. The van der Waals surface area contributed by atoms with Crippen LogP contribution < -0.4 is 5.32 Å². The standard InChI is InChI=1S/C11H22N2O3/c1-5-13(6-2)10(14)8-12-9(3)7-11(15)16-4/h9,12H,5-8H2,1-4H3. The third-order valence-electron chi connectivity index (χ3n) is 2.42. The molecule has 1 atom stereocenters. The molecule has 0 aliphatic heterocycles. The maximum atomic E-state index is 11.6. The first kappa shape index (κ1) is 14.9. The predicted molar refractivity (Wildman–Crippen MR) is 62.0 cm³/mol. The molecule has 1 N–H and O–H groups in total. The van der Waals surface area contributed by atoms with Gasteiger partial charge in [-0.25, -0.2) is 0 Å². The summed E-state index contributed by atoms with van der Waals surface area (Å²) in [4.78, 5) is 24.3. The van der Waals surface area contributed by atoms with Crippen LogP contribution in [-0.4, -0.2) is 49.6 Å². The molecule has 5 heteroatoms. The Kier molecular flexibility index (Phi) is 7.54. The lowest BCUT2D eigenvalue weighted by Crippen LogP contribution is -2.41. The Hall–Kier alpha value is -1.10. The van der Waals surface area contributed by atoms with Crippen molar-refractivity contribution in [1.82, 2.24) is 10.2 Å². The van der Waals surface area contributed by atoms with Gasteiger partial charge in [0.2, 0.25) is 5.91 Å². The summed E-state index contributed by atoms with van der Waals surface area (Å²) in [5.41, 5.74) is 0. The Balaban J connectivity index is 3.86. The van der Waals surface area contributed by atoms with Crippen LogP contribution in [-0.2, 0) is 14.3 Å². The third kappa shape index (κ3) is 5.70. The lowest BCUT2D eigenvalue weighted by molar-refractivity contribution is -0.141. The number of likely N-dealkylation sites (N-methyl/N-ethyl adjacent to an activating group) is 1. The van der Waals surface area contributed by atoms with E-state index in [2.05, 4.69) is 10.1 Å². The largest absolute Gasteiger partial charge is 0.469 e.